The van der Waals surface area contributed by atoms with Gasteiger partial charge in [-0.2, -0.15) is 0 Å². The molecule has 0 unspecified atom stereocenters. The largest absolute Gasteiger partial charge is 0.311 e. The second-order valence-corrected chi connectivity index (χ2v) is 5.90. The van der Waals surface area contributed by atoms with Crippen LogP contribution in [0.25, 0.3) is 0 Å². The molecule has 2 aromatic rings. The molecule has 6 heteroatoms. The minimum atomic E-state index is -0.314. The summed E-state index contributed by atoms with van der Waals surface area (Å²) in [7, 11) is 0. The van der Waals surface area contributed by atoms with Crippen LogP contribution in [0, 0.1) is 0 Å². The zero-order chi connectivity index (χ0) is 15.1. The Morgan fingerprint density at radius 2 is 2.00 bits per heavy atom. The normalized spacial score (nSPS) is 17.7. The van der Waals surface area contributed by atoms with Crippen LogP contribution >= 0.6 is 11.6 Å². The van der Waals surface area contributed by atoms with Crippen molar-refractivity contribution in [3.63, 3.8) is 0 Å². The van der Waals surface area contributed by atoms with Crippen molar-refractivity contribution in [3.8, 4) is 0 Å². The lowest BCUT2D eigenvalue weighted by Crippen LogP contribution is -2.27. The van der Waals surface area contributed by atoms with Crippen LogP contribution in [0.3, 0.4) is 0 Å². The molecule has 1 aliphatic rings. The molecule has 1 aromatic heterocycles. The maximum Gasteiger partial charge on any atom is 0.270 e. The standard InChI is InChI=1S/C15H16ClN3O2/c1-8(2)19-14-13(15(21)18-19)10(7-12(20)17-14)9-5-3-4-6-11(9)16/h3-6,8,10H,7H2,1-2H3,(H,17,20)(H,18,21)/t10-/m1/s1. The Morgan fingerprint density at radius 1 is 1.29 bits per heavy atom. The summed E-state index contributed by atoms with van der Waals surface area (Å²) in [5, 5.41) is 6.17. The summed E-state index contributed by atoms with van der Waals surface area (Å²) in [6.07, 6.45) is 0.224. The molecule has 110 valence electrons. The van der Waals surface area contributed by atoms with Gasteiger partial charge in [-0.05, 0) is 25.5 Å². The molecule has 2 heterocycles. The Bertz CT molecular complexity index is 761. The van der Waals surface area contributed by atoms with E-state index in [1.165, 1.54) is 0 Å². The van der Waals surface area contributed by atoms with Crippen molar-refractivity contribution < 1.29 is 4.79 Å². The van der Waals surface area contributed by atoms with Crippen LogP contribution in [0.2, 0.25) is 5.02 Å². The summed E-state index contributed by atoms with van der Waals surface area (Å²) in [5.41, 5.74) is 1.21. The average molecular weight is 306 g/mol. The molecule has 1 amide bonds. The molecule has 0 radical (unpaired) electrons. The highest BCUT2D eigenvalue weighted by molar-refractivity contribution is 6.31. The van der Waals surface area contributed by atoms with E-state index in [9.17, 15) is 9.59 Å². The highest BCUT2D eigenvalue weighted by atomic mass is 35.5. The van der Waals surface area contributed by atoms with Gasteiger partial charge in [0.1, 0.15) is 5.82 Å². The van der Waals surface area contributed by atoms with E-state index < -0.39 is 0 Å². The van der Waals surface area contributed by atoms with Gasteiger partial charge in [-0.1, -0.05) is 29.8 Å². The summed E-state index contributed by atoms with van der Waals surface area (Å²) in [4.78, 5) is 24.3. The first-order valence-corrected chi connectivity index (χ1v) is 7.25. The van der Waals surface area contributed by atoms with Crippen LogP contribution in [0.5, 0.6) is 0 Å². The number of aromatic amines is 1. The van der Waals surface area contributed by atoms with Crippen molar-refractivity contribution in [1.29, 1.82) is 0 Å². The van der Waals surface area contributed by atoms with E-state index in [-0.39, 0.29) is 29.8 Å². The molecular weight excluding hydrogens is 290 g/mol. The third kappa shape index (κ3) is 2.27. The number of nitrogens with zero attached hydrogens (tertiary/aromatic N) is 1. The van der Waals surface area contributed by atoms with Crippen LogP contribution in [0.1, 0.15) is 43.4 Å². The predicted octanol–water partition coefficient (Wildman–Crippen LogP) is 2.88. The average Bonchev–Trinajstić information content (AvgIpc) is 2.76. The molecule has 0 aliphatic carbocycles. The van der Waals surface area contributed by atoms with Crippen LogP contribution < -0.4 is 10.9 Å². The Hall–Kier alpha value is -2.01. The summed E-state index contributed by atoms with van der Waals surface area (Å²) in [6, 6.07) is 7.38. The highest BCUT2D eigenvalue weighted by Gasteiger charge is 2.33. The minimum absolute atomic E-state index is 0.0479. The maximum absolute atomic E-state index is 12.3. The van der Waals surface area contributed by atoms with Crippen molar-refractivity contribution in [1.82, 2.24) is 9.78 Å². The number of hydrogen-bond donors (Lipinski definition) is 2. The van der Waals surface area contributed by atoms with Crippen molar-refractivity contribution in [2.24, 2.45) is 0 Å². The highest BCUT2D eigenvalue weighted by Crippen LogP contribution is 2.38. The second kappa shape index (κ2) is 5.07. The zero-order valence-electron chi connectivity index (χ0n) is 11.8. The monoisotopic (exact) mass is 305 g/mol. The first-order valence-electron chi connectivity index (χ1n) is 6.87. The van der Waals surface area contributed by atoms with Gasteiger partial charge in [-0.3, -0.25) is 19.4 Å². The fourth-order valence-corrected chi connectivity index (χ4v) is 3.06. The van der Waals surface area contributed by atoms with Gasteiger partial charge >= 0.3 is 0 Å². The number of aromatic nitrogens is 2. The second-order valence-electron chi connectivity index (χ2n) is 5.49. The van der Waals surface area contributed by atoms with Crippen molar-refractivity contribution in [3.05, 3.63) is 50.8 Å². The number of carbonyl (C=O) groups excluding carboxylic acids is 1. The summed E-state index contributed by atoms with van der Waals surface area (Å²) >= 11 is 6.24. The number of benzene rings is 1. The minimum Gasteiger partial charge on any atom is -0.311 e. The molecule has 1 aromatic carbocycles. The molecule has 1 aliphatic heterocycles. The van der Waals surface area contributed by atoms with E-state index >= 15 is 0 Å². The number of H-pyrrole nitrogens is 1. The van der Waals surface area contributed by atoms with E-state index in [0.717, 1.165) is 5.56 Å². The number of hydrogen-bond acceptors (Lipinski definition) is 2. The molecule has 0 saturated heterocycles. The predicted molar refractivity (Wildman–Crippen MR) is 82.0 cm³/mol. The van der Waals surface area contributed by atoms with Crippen LogP contribution in [0.15, 0.2) is 29.1 Å². The lowest BCUT2D eigenvalue weighted by Gasteiger charge is -2.24. The molecule has 0 fully saturated rings. The third-order valence-corrected chi connectivity index (χ3v) is 4.10. The Labute approximate surface area is 126 Å². The van der Waals surface area contributed by atoms with E-state index in [1.807, 2.05) is 32.0 Å². The lowest BCUT2D eigenvalue weighted by molar-refractivity contribution is -0.116. The molecule has 2 N–H and O–H groups in total. The number of nitrogens with one attached hydrogen (secondary N) is 2. The number of carbonyl (C=O) groups is 1. The maximum atomic E-state index is 12.3. The SMILES string of the molecule is CC(C)n1[nH]c(=O)c2c1NC(=O)C[C@@H]2c1ccccc1Cl. The van der Waals surface area contributed by atoms with Crippen molar-refractivity contribution >= 4 is 23.3 Å². The number of halogens is 1. The fourth-order valence-electron chi connectivity index (χ4n) is 2.79. The molecule has 0 bridgehead atoms. The number of amides is 1. The molecule has 5 nitrogen and oxygen atoms in total. The van der Waals surface area contributed by atoms with Gasteiger partial charge in [-0.15, -0.1) is 0 Å². The molecular formula is C15H16ClN3O2. The summed E-state index contributed by atoms with van der Waals surface area (Å²) in [6.45, 7) is 3.89. The van der Waals surface area contributed by atoms with Crippen molar-refractivity contribution in [2.45, 2.75) is 32.2 Å². The van der Waals surface area contributed by atoms with Gasteiger partial charge < -0.3 is 5.32 Å². The van der Waals surface area contributed by atoms with Gasteiger partial charge in [0, 0.05) is 23.4 Å². The van der Waals surface area contributed by atoms with Crippen LogP contribution in [-0.2, 0) is 4.79 Å². The van der Waals surface area contributed by atoms with Crippen LogP contribution in [0.4, 0.5) is 5.82 Å². The molecule has 1 atom stereocenters. The number of fused-ring (bicyclic) bond motifs is 1. The molecule has 0 spiro atoms. The van der Waals surface area contributed by atoms with Crippen LogP contribution in [-0.4, -0.2) is 15.7 Å². The lowest BCUT2D eigenvalue weighted by atomic mass is 9.87. The summed E-state index contributed by atoms with van der Waals surface area (Å²) < 4.78 is 1.69. The molecule has 0 saturated carbocycles. The van der Waals surface area contributed by atoms with E-state index in [1.54, 1.807) is 10.7 Å². The number of rotatable bonds is 2. The quantitative estimate of drug-likeness (QED) is 0.896. The van der Waals surface area contributed by atoms with E-state index in [4.69, 9.17) is 11.6 Å². The Morgan fingerprint density at radius 3 is 2.67 bits per heavy atom. The fraction of sp³-hybridized carbons (Fsp3) is 0.333. The van der Waals surface area contributed by atoms with Gasteiger partial charge in [0.15, 0.2) is 0 Å². The first kappa shape index (κ1) is 13.9. The van der Waals surface area contributed by atoms with E-state index in [2.05, 4.69) is 10.4 Å². The number of anilines is 1. The van der Waals surface area contributed by atoms with Gasteiger partial charge in [0.05, 0.1) is 5.56 Å². The summed E-state index contributed by atoms with van der Waals surface area (Å²) in [5.74, 6) is 0.128. The van der Waals surface area contributed by atoms with Crippen molar-refractivity contribution in [2.75, 3.05) is 5.32 Å². The van der Waals surface area contributed by atoms with Gasteiger partial charge in [0.25, 0.3) is 5.56 Å². The van der Waals surface area contributed by atoms with Gasteiger partial charge in [-0.25, -0.2) is 0 Å². The van der Waals surface area contributed by atoms with E-state index in [0.29, 0.717) is 16.4 Å². The zero-order valence-corrected chi connectivity index (χ0v) is 12.6. The first-order chi connectivity index (χ1) is 9.99. The Balaban J connectivity index is 2.21. The topological polar surface area (TPSA) is 66.9 Å². The molecule has 3 rings (SSSR count). The molecule has 21 heavy (non-hydrogen) atoms. The third-order valence-electron chi connectivity index (χ3n) is 3.76. The van der Waals surface area contributed by atoms with Gasteiger partial charge in [0.2, 0.25) is 5.91 Å². The Kier molecular flexibility index (Phi) is 3.37. The smallest absolute Gasteiger partial charge is 0.270 e.